The molecule has 1 aromatic carbocycles. The minimum atomic E-state index is -4.67. The zero-order valence-electron chi connectivity index (χ0n) is 11.5. The third-order valence-electron chi connectivity index (χ3n) is 2.74. The second-order valence-corrected chi connectivity index (χ2v) is 5.40. The lowest BCUT2D eigenvalue weighted by molar-refractivity contribution is -0.222. The molecule has 0 saturated carbocycles. The summed E-state index contributed by atoms with van der Waals surface area (Å²) in [6.45, 7) is 2.67. The standard InChI is InChI=1S/C14H10ClF3O4/c1-13(2)21-11(19)9(12(20)22-13)6-7-5-8(15)3-4-10(7)14(16,17)18/h3-6H,1-2H3. The summed E-state index contributed by atoms with van der Waals surface area (Å²) in [5.41, 5.74) is -2.09. The molecule has 0 unspecified atom stereocenters. The summed E-state index contributed by atoms with van der Waals surface area (Å²) in [5.74, 6) is -3.59. The van der Waals surface area contributed by atoms with E-state index in [1.165, 1.54) is 13.8 Å². The van der Waals surface area contributed by atoms with E-state index in [1.54, 1.807) is 0 Å². The first-order valence-corrected chi connectivity index (χ1v) is 6.42. The molecule has 1 heterocycles. The van der Waals surface area contributed by atoms with Gasteiger partial charge in [0, 0.05) is 18.9 Å². The van der Waals surface area contributed by atoms with E-state index in [0.29, 0.717) is 0 Å². The molecule has 118 valence electrons. The number of rotatable bonds is 1. The summed E-state index contributed by atoms with van der Waals surface area (Å²) < 4.78 is 48.5. The van der Waals surface area contributed by atoms with E-state index in [4.69, 9.17) is 21.1 Å². The number of alkyl halides is 3. The van der Waals surface area contributed by atoms with Crippen LogP contribution in [0, 0.1) is 0 Å². The van der Waals surface area contributed by atoms with E-state index in [9.17, 15) is 22.8 Å². The van der Waals surface area contributed by atoms with Crippen LogP contribution < -0.4 is 0 Å². The molecule has 22 heavy (non-hydrogen) atoms. The minimum Gasteiger partial charge on any atom is -0.419 e. The fourth-order valence-corrected chi connectivity index (χ4v) is 2.03. The molecule has 0 atom stereocenters. The van der Waals surface area contributed by atoms with Gasteiger partial charge in [0.25, 0.3) is 5.79 Å². The number of benzene rings is 1. The molecular weight excluding hydrogens is 325 g/mol. The van der Waals surface area contributed by atoms with Crippen LogP contribution >= 0.6 is 11.6 Å². The van der Waals surface area contributed by atoms with Crippen molar-refractivity contribution in [3.8, 4) is 0 Å². The van der Waals surface area contributed by atoms with Gasteiger partial charge in [-0.05, 0) is 29.8 Å². The number of cyclic esters (lactones) is 2. The highest BCUT2D eigenvalue weighted by atomic mass is 35.5. The third kappa shape index (κ3) is 3.41. The average Bonchev–Trinajstić information content (AvgIpc) is 2.31. The molecule has 0 N–H and O–H groups in total. The molecule has 0 bridgehead atoms. The van der Waals surface area contributed by atoms with Crippen LogP contribution in [0.3, 0.4) is 0 Å². The van der Waals surface area contributed by atoms with E-state index in [1.807, 2.05) is 0 Å². The highest BCUT2D eigenvalue weighted by Gasteiger charge is 2.40. The topological polar surface area (TPSA) is 52.6 Å². The van der Waals surface area contributed by atoms with Gasteiger partial charge in [0.2, 0.25) is 0 Å². The Bertz CT molecular complexity index is 655. The molecule has 1 aliphatic heterocycles. The Morgan fingerprint density at radius 3 is 2.18 bits per heavy atom. The minimum absolute atomic E-state index is 0.0257. The monoisotopic (exact) mass is 334 g/mol. The largest absolute Gasteiger partial charge is 0.419 e. The van der Waals surface area contributed by atoms with Crippen molar-refractivity contribution >= 4 is 29.6 Å². The fraction of sp³-hybridized carbons (Fsp3) is 0.286. The van der Waals surface area contributed by atoms with E-state index in [0.717, 1.165) is 24.3 Å². The van der Waals surface area contributed by atoms with Crippen LogP contribution in [0.5, 0.6) is 0 Å². The van der Waals surface area contributed by atoms with Gasteiger partial charge >= 0.3 is 18.1 Å². The van der Waals surface area contributed by atoms with Crippen LogP contribution in [-0.4, -0.2) is 17.7 Å². The van der Waals surface area contributed by atoms with Crippen molar-refractivity contribution in [2.45, 2.75) is 25.8 Å². The number of carbonyl (C=O) groups is 2. The second kappa shape index (κ2) is 5.31. The van der Waals surface area contributed by atoms with Crippen molar-refractivity contribution in [2.24, 2.45) is 0 Å². The molecule has 8 heteroatoms. The molecule has 0 amide bonds. The lowest BCUT2D eigenvalue weighted by Crippen LogP contribution is -2.41. The molecule has 2 rings (SSSR count). The lowest BCUT2D eigenvalue weighted by atomic mass is 10.0. The number of halogens is 4. The first-order chi connectivity index (χ1) is 9.99. The molecule has 1 fully saturated rings. The molecule has 1 aliphatic rings. The SMILES string of the molecule is CC1(C)OC(=O)C(=Cc2cc(Cl)ccc2C(F)(F)F)C(=O)O1. The van der Waals surface area contributed by atoms with Crippen molar-refractivity contribution in [2.75, 3.05) is 0 Å². The Morgan fingerprint density at radius 1 is 1.14 bits per heavy atom. The van der Waals surface area contributed by atoms with Gasteiger partial charge in [0.05, 0.1) is 5.56 Å². The van der Waals surface area contributed by atoms with Crippen LogP contribution in [0.1, 0.15) is 25.0 Å². The normalized spacial score (nSPS) is 17.8. The number of ether oxygens (including phenoxy) is 2. The Balaban J connectivity index is 2.52. The highest BCUT2D eigenvalue weighted by molar-refractivity contribution is 6.30. The zero-order chi connectivity index (χ0) is 16.7. The van der Waals surface area contributed by atoms with Gasteiger partial charge < -0.3 is 9.47 Å². The van der Waals surface area contributed by atoms with Crippen molar-refractivity contribution in [1.29, 1.82) is 0 Å². The van der Waals surface area contributed by atoms with Gasteiger partial charge in [-0.2, -0.15) is 13.2 Å². The Hall–Kier alpha value is -2.02. The van der Waals surface area contributed by atoms with Crippen molar-refractivity contribution in [3.05, 3.63) is 39.9 Å². The van der Waals surface area contributed by atoms with Crippen LogP contribution in [-0.2, 0) is 25.2 Å². The predicted octanol–water partition coefficient (Wildman–Crippen LogP) is 3.58. The van der Waals surface area contributed by atoms with Crippen LogP contribution in [0.4, 0.5) is 13.2 Å². The summed E-state index contributed by atoms with van der Waals surface area (Å²) in [6, 6.07) is 2.82. The predicted molar refractivity (Wildman–Crippen MR) is 70.7 cm³/mol. The Labute approximate surface area is 128 Å². The Morgan fingerprint density at radius 2 is 1.68 bits per heavy atom. The first-order valence-electron chi connectivity index (χ1n) is 6.05. The highest BCUT2D eigenvalue weighted by Crippen LogP contribution is 2.35. The number of esters is 2. The maximum absolute atomic E-state index is 12.9. The molecule has 0 spiro atoms. The van der Waals surface area contributed by atoms with Gasteiger partial charge in [0.1, 0.15) is 5.57 Å². The van der Waals surface area contributed by atoms with Crippen molar-refractivity contribution in [1.82, 2.24) is 0 Å². The van der Waals surface area contributed by atoms with Gasteiger partial charge in [-0.25, -0.2) is 9.59 Å². The number of carbonyl (C=O) groups excluding carboxylic acids is 2. The molecule has 1 aromatic rings. The summed E-state index contributed by atoms with van der Waals surface area (Å²) in [6.07, 6.45) is -3.91. The van der Waals surface area contributed by atoms with E-state index < -0.39 is 40.6 Å². The molecule has 4 nitrogen and oxygen atoms in total. The molecule has 0 aliphatic carbocycles. The quantitative estimate of drug-likeness (QED) is 0.447. The average molecular weight is 335 g/mol. The lowest BCUT2D eigenvalue weighted by Gasteiger charge is -2.29. The van der Waals surface area contributed by atoms with Crippen molar-refractivity contribution in [3.63, 3.8) is 0 Å². The molecular formula is C14H10ClF3O4. The molecule has 0 radical (unpaired) electrons. The van der Waals surface area contributed by atoms with Gasteiger partial charge in [-0.3, -0.25) is 0 Å². The van der Waals surface area contributed by atoms with Crippen LogP contribution in [0.25, 0.3) is 6.08 Å². The summed E-state index contributed by atoms with van der Waals surface area (Å²) in [4.78, 5) is 23.5. The summed E-state index contributed by atoms with van der Waals surface area (Å²) in [5, 5.41) is 0.0257. The van der Waals surface area contributed by atoms with Crippen LogP contribution in [0.2, 0.25) is 5.02 Å². The van der Waals surface area contributed by atoms with Crippen LogP contribution in [0.15, 0.2) is 23.8 Å². The molecule has 1 saturated heterocycles. The summed E-state index contributed by atoms with van der Waals surface area (Å²) >= 11 is 5.67. The maximum Gasteiger partial charge on any atom is 0.416 e. The van der Waals surface area contributed by atoms with E-state index in [-0.39, 0.29) is 5.02 Å². The van der Waals surface area contributed by atoms with Gasteiger partial charge in [0.15, 0.2) is 0 Å². The molecule has 0 aromatic heterocycles. The maximum atomic E-state index is 12.9. The first kappa shape index (κ1) is 16.4. The number of hydrogen-bond donors (Lipinski definition) is 0. The van der Waals surface area contributed by atoms with Gasteiger partial charge in [-0.1, -0.05) is 11.6 Å². The number of hydrogen-bond acceptors (Lipinski definition) is 4. The van der Waals surface area contributed by atoms with Crippen molar-refractivity contribution < 1.29 is 32.2 Å². The Kier molecular flexibility index (Phi) is 3.95. The fourth-order valence-electron chi connectivity index (χ4n) is 1.85. The van der Waals surface area contributed by atoms with E-state index in [2.05, 4.69) is 0 Å². The second-order valence-electron chi connectivity index (χ2n) is 4.97. The summed E-state index contributed by atoms with van der Waals surface area (Å²) in [7, 11) is 0. The van der Waals surface area contributed by atoms with E-state index >= 15 is 0 Å². The zero-order valence-corrected chi connectivity index (χ0v) is 12.2. The third-order valence-corrected chi connectivity index (χ3v) is 2.97. The smallest absolute Gasteiger partial charge is 0.416 e. The van der Waals surface area contributed by atoms with Gasteiger partial charge in [-0.15, -0.1) is 0 Å².